The normalized spacial score (nSPS) is 19.9. The average molecular weight is 383 g/mol. The Labute approximate surface area is 166 Å². The van der Waals surface area contributed by atoms with Crippen molar-refractivity contribution in [2.45, 2.75) is 32.8 Å². The summed E-state index contributed by atoms with van der Waals surface area (Å²) < 4.78 is 5.67. The number of hydrogen-bond acceptors (Lipinski definition) is 7. The van der Waals surface area contributed by atoms with Crippen LogP contribution in [0.3, 0.4) is 0 Å². The van der Waals surface area contributed by atoms with Gasteiger partial charge in [0, 0.05) is 45.0 Å². The molecule has 0 amide bonds. The fourth-order valence-corrected chi connectivity index (χ4v) is 4.03. The minimum Gasteiger partial charge on any atom is -0.393 e. The molecule has 7 nitrogen and oxygen atoms in total. The quantitative estimate of drug-likeness (QED) is 0.823. The van der Waals surface area contributed by atoms with Crippen molar-refractivity contribution in [1.82, 2.24) is 9.97 Å². The molecule has 2 aliphatic heterocycles. The molecule has 1 unspecified atom stereocenters. The molecule has 0 spiro atoms. The summed E-state index contributed by atoms with van der Waals surface area (Å²) in [6.07, 6.45) is 4.06. The summed E-state index contributed by atoms with van der Waals surface area (Å²) in [7, 11) is 0. The lowest BCUT2D eigenvalue weighted by Crippen LogP contribution is -2.47. The van der Waals surface area contributed by atoms with Crippen LogP contribution in [0.4, 0.5) is 23.0 Å². The number of aryl methyl sites for hydroxylation is 1. The van der Waals surface area contributed by atoms with Gasteiger partial charge >= 0.3 is 0 Å². The Hall–Kier alpha value is -2.54. The number of rotatable bonds is 5. The van der Waals surface area contributed by atoms with Crippen LogP contribution in [-0.4, -0.2) is 55.4 Å². The number of aromatic nitrogens is 2. The molecule has 1 atom stereocenters. The Morgan fingerprint density at radius 1 is 1.14 bits per heavy atom. The van der Waals surface area contributed by atoms with Crippen molar-refractivity contribution in [1.29, 1.82) is 0 Å². The zero-order valence-corrected chi connectivity index (χ0v) is 16.8. The predicted molar refractivity (Wildman–Crippen MR) is 114 cm³/mol. The van der Waals surface area contributed by atoms with Gasteiger partial charge in [-0.2, -0.15) is 0 Å². The van der Waals surface area contributed by atoms with E-state index in [0.717, 1.165) is 58.0 Å². The summed E-state index contributed by atoms with van der Waals surface area (Å²) in [6.45, 7) is 9.63. The molecule has 7 heteroatoms. The smallest absolute Gasteiger partial charge is 0.157 e. The average Bonchev–Trinajstić information content (AvgIpc) is 3.23. The van der Waals surface area contributed by atoms with E-state index in [1.165, 1.54) is 16.8 Å². The first-order valence-corrected chi connectivity index (χ1v) is 10.2. The van der Waals surface area contributed by atoms with Crippen LogP contribution in [0.15, 0.2) is 24.5 Å². The molecule has 4 rings (SSSR count). The van der Waals surface area contributed by atoms with Crippen LogP contribution in [0.1, 0.15) is 24.0 Å². The maximum absolute atomic E-state index is 6.41. The summed E-state index contributed by atoms with van der Waals surface area (Å²) in [6, 6.07) is 6.52. The zero-order chi connectivity index (χ0) is 19.5. The van der Waals surface area contributed by atoms with Gasteiger partial charge in [0.2, 0.25) is 0 Å². The summed E-state index contributed by atoms with van der Waals surface area (Å²) in [4.78, 5) is 13.5. The number of nitrogen functional groups attached to an aromatic ring is 1. The van der Waals surface area contributed by atoms with Gasteiger partial charge < -0.3 is 25.6 Å². The van der Waals surface area contributed by atoms with Gasteiger partial charge in [-0.25, -0.2) is 9.97 Å². The summed E-state index contributed by atoms with van der Waals surface area (Å²) in [5.41, 5.74) is 11.1. The van der Waals surface area contributed by atoms with Crippen LogP contribution in [0.25, 0.3) is 0 Å². The van der Waals surface area contributed by atoms with Crippen LogP contribution in [0.2, 0.25) is 0 Å². The number of piperazine rings is 1. The molecule has 3 heterocycles. The number of nitrogens with one attached hydrogen (secondary N) is 1. The molecule has 2 fully saturated rings. The largest absolute Gasteiger partial charge is 0.393 e. The highest BCUT2D eigenvalue weighted by Gasteiger charge is 2.23. The van der Waals surface area contributed by atoms with Gasteiger partial charge in [-0.1, -0.05) is 12.1 Å². The van der Waals surface area contributed by atoms with Crippen molar-refractivity contribution in [3.63, 3.8) is 0 Å². The molecule has 0 bridgehead atoms. The summed E-state index contributed by atoms with van der Waals surface area (Å²) >= 11 is 0. The number of hydrogen-bond donors (Lipinski definition) is 2. The first kappa shape index (κ1) is 18.8. The van der Waals surface area contributed by atoms with Crippen LogP contribution >= 0.6 is 0 Å². The predicted octanol–water partition coefficient (Wildman–Crippen LogP) is 2.59. The number of anilines is 4. The van der Waals surface area contributed by atoms with Crippen molar-refractivity contribution in [3.8, 4) is 0 Å². The van der Waals surface area contributed by atoms with Crippen molar-refractivity contribution < 1.29 is 4.74 Å². The van der Waals surface area contributed by atoms with Gasteiger partial charge in [0.05, 0.1) is 6.10 Å². The highest BCUT2D eigenvalue weighted by molar-refractivity contribution is 5.75. The van der Waals surface area contributed by atoms with Crippen molar-refractivity contribution in [3.05, 3.63) is 35.7 Å². The summed E-state index contributed by atoms with van der Waals surface area (Å²) in [5.74, 6) is 1.53. The molecule has 1 aromatic heterocycles. The number of benzene rings is 1. The second-order valence-electron chi connectivity index (χ2n) is 7.67. The van der Waals surface area contributed by atoms with Crippen molar-refractivity contribution in [2.24, 2.45) is 0 Å². The van der Waals surface area contributed by atoms with Crippen LogP contribution in [0.5, 0.6) is 0 Å². The Kier molecular flexibility index (Phi) is 5.52. The fourth-order valence-electron chi connectivity index (χ4n) is 4.03. The van der Waals surface area contributed by atoms with E-state index < -0.39 is 0 Å². The topological polar surface area (TPSA) is 79.5 Å². The van der Waals surface area contributed by atoms with Crippen molar-refractivity contribution in [2.75, 3.05) is 60.2 Å². The van der Waals surface area contributed by atoms with Crippen LogP contribution in [-0.2, 0) is 4.74 Å². The molecule has 2 aliphatic rings. The van der Waals surface area contributed by atoms with E-state index in [1.807, 2.05) is 0 Å². The Bertz CT molecular complexity index is 813. The van der Waals surface area contributed by atoms with Gasteiger partial charge in [-0.15, -0.1) is 0 Å². The maximum atomic E-state index is 6.41. The van der Waals surface area contributed by atoms with E-state index in [0.29, 0.717) is 11.5 Å². The molecule has 2 saturated heterocycles. The minimum absolute atomic E-state index is 0.249. The van der Waals surface area contributed by atoms with Crippen LogP contribution in [0, 0.1) is 13.8 Å². The SMILES string of the molecule is Cc1cccc(N2CCN(c3ncnc(NCC4CCCO4)c3N)CC2)c1C. The molecular formula is C21H30N6O. The number of nitrogens with two attached hydrogens (primary N) is 1. The van der Waals surface area contributed by atoms with E-state index in [4.69, 9.17) is 10.5 Å². The maximum Gasteiger partial charge on any atom is 0.157 e. The van der Waals surface area contributed by atoms with E-state index in [2.05, 4.69) is 57.1 Å². The molecular weight excluding hydrogens is 352 g/mol. The molecule has 0 aliphatic carbocycles. The van der Waals surface area contributed by atoms with Crippen molar-refractivity contribution >= 4 is 23.0 Å². The third-order valence-corrected chi connectivity index (χ3v) is 5.88. The van der Waals surface area contributed by atoms with E-state index >= 15 is 0 Å². The number of nitrogens with zero attached hydrogens (tertiary/aromatic N) is 4. The first-order valence-electron chi connectivity index (χ1n) is 10.2. The van der Waals surface area contributed by atoms with Crippen LogP contribution < -0.4 is 20.9 Å². The van der Waals surface area contributed by atoms with Gasteiger partial charge in [0.1, 0.15) is 12.0 Å². The highest BCUT2D eigenvalue weighted by atomic mass is 16.5. The fraction of sp³-hybridized carbons (Fsp3) is 0.524. The standard InChI is InChI=1S/C21H30N6O/c1-15-5-3-7-18(16(15)2)26-8-10-27(11-9-26)21-19(22)20(24-14-25-21)23-13-17-6-4-12-28-17/h3,5,7,14,17H,4,6,8-13,22H2,1-2H3,(H,23,24,25). The third-order valence-electron chi connectivity index (χ3n) is 5.88. The van der Waals surface area contributed by atoms with Gasteiger partial charge in [0.25, 0.3) is 0 Å². The first-order chi connectivity index (χ1) is 13.6. The van der Waals surface area contributed by atoms with Gasteiger partial charge in [0.15, 0.2) is 11.6 Å². The summed E-state index contributed by atoms with van der Waals surface area (Å²) in [5, 5.41) is 3.34. The lowest BCUT2D eigenvalue weighted by atomic mass is 10.1. The van der Waals surface area contributed by atoms with Gasteiger partial charge in [-0.3, -0.25) is 0 Å². The molecule has 0 radical (unpaired) electrons. The van der Waals surface area contributed by atoms with E-state index in [9.17, 15) is 0 Å². The third kappa shape index (κ3) is 3.85. The molecule has 150 valence electrons. The monoisotopic (exact) mass is 382 g/mol. The Morgan fingerprint density at radius 2 is 1.93 bits per heavy atom. The highest BCUT2D eigenvalue weighted by Crippen LogP contribution is 2.29. The Morgan fingerprint density at radius 3 is 2.68 bits per heavy atom. The Balaban J connectivity index is 1.41. The minimum atomic E-state index is 0.249. The lowest BCUT2D eigenvalue weighted by molar-refractivity contribution is 0.120. The van der Waals surface area contributed by atoms with Gasteiger partial charge in [-0.05, 0) is 43.9 Å². The number of ether oxygens (including phenoxy) is 1. The molecule has 3 N–H and O–H groups in total. The van der Waals surface area contributed by atoms with E-state index in [1.54, 1.807) is 6.33 Å². The molecule has 1 aromatic carbocycles. The molecule has 28 heavy (non-hydrogen) atoms. The van der Waals surface area contributed by atoms with E-state index in [-0.39, 0.29) is 6.10 Å². The lowest BCUT2D eigenvalue weighted by Gasteiger charge is -2.38. The molecule has 2 aromatic rings. The second-order valence-corrected chi connectivity index (χ2v) is 7.67. The second kappa shape index (κ2) is 8.22. The zero-order valence-electron chi connectivity index (χ0n) is 16.8. The molecule has 0 saturated carbocycles.